The minimum Gasteiger partial charge on any atom is -0.345 e. The lowest BCUT2D eigenvalue weighted by molar-refractivity contribution is 0.0827. The molecular weight excluding hydrogens is 362 g/mol. The molecule has 1 amide bonds. The van der Waals surface area contributed by atoms with Gasteiger partial charge in [0.1, 0.15) is 0 Å². The van der Waals surface area contributed by atoms with Gasteiger partial charge in [-0.3, -0.25) is 9.78 Å². The van der Waals surface area contributed by atoms with Crippen molar-refractivity contribution in [2.24, 2.45) is 0 Å². The van der Waals surface area contributed by atoms with Crippen LogP contribution >= 0.6 is 0 Å². The lowest BCUT2D eigenvalue weighted by atomic mass is 9.86. The predicted octanol–water partition coefficient (Wildman–Crippen LogP) is 4.21. The fourth-order valence-corrected chi connectivity index (χ4v) is 3.65. The van der Waals surface area contributed by atoms with Crippen LogP contribution < -0.4 is 5.32 Å². The van der Waals surface area contributed by atoms with E-state index in [4.69, 9.17) is 0 Å². The molecule has 1 aliphatic carbocycles. The number of nitrogens with one attached hydrogen (secondary N) is 1. The summed E-state index contributed by atoms with van der Waals surface area (Å²) in [5.41, 5.74) is 5.95. The van der Waals surface area contributed by atoms with E-state index in [-0.39, 0.29) is 11.3 Å². The third kappa shape index (κ3) is 3.83. The highest BCUT2D eigenvalue weighted by molar-refractivity contribution is 5.94. The van der Waals surface area contributed by atoms with E-state index in [1.165, 1.54) is 11.3 Å². The molecule has 2 aromatic heterocycles. The Morgan fingerprint density at radius 3 is 2.59 bits per heavy atom. The van der Waals surface area contributed by atoms with Crippen LogP contribution in [0.3, 0.4) is 0 Å². The Bertz CT molecular complexity index is 1060. The first-order chi connectivity index (χ1) is 13.8. The fourth-order valence-electron chi connectivity index (χ4n) is 3.65. The van der Waals surface area contributed by atoms with Crippen molar-refractivity contribution in [1.29, 1.82) is 0 Å². The molecule has 0 atom stereocenters. The second kappa shape index (κ2) is 7.28. The molecule has 2 heterocycles. The lowest BCUT2D eigenvalue weighted by Gasteiger charge is -2.19. The summed E-state index contributed by atoms with van der Waals surface area (Å²) >= 11 is 0. The van der Waals surface area contributed by atoms with Gasteiger partial charge in [-0.15, -0.1) is 0 Å². The minimum atomic E-state index is -0.0261. The highest BCUT2D eigenvalue weighted by Gasteiger charge is 2.31. The number of carbonyl (C=O) groups is 1. The average molecular weight is 387 g/mol. The Morgan fingerprint density at radius 1 is 1.10 bits per heavy atom. The Kier molecular flexibility index (Phi) is 4.78. The lowest BCUT2D eigenvalue weighted by Crippen LogP contribution is -2.21. The van der Waals surface area contributed by atoms with Gasteiger partial charge in [-0.05, 0) is 60.2 Å². The van der Waals surface area contributed by atoms with Gasteiger partial charge in [0, 0.05) is 49.0 Å². The zero-order chi connectivity index (χ0) is 20.6. The van der Waals surface area contributed by atoms with E-state index < -0.39 is 0 Å². The van der Waals surface area contributed by atoms with Gasteiger partial charge in [-0.2, -0.15) is 0 Å². The molecule has 0 unspecified atom stereocenters. The van der Waals surface area contributed by atoms with Crippen LogP contribution in [0.15, 0.2) is 48.8 Å². The second-order valence-electron chi connectivity index (χ2n) is 8.27. The van der Waals surface area contributed by atoms with Crippen LogP contribution in [0, 0.1) is 0 Å². The number of nitrogens with zero attached hydrogens (tertiary/aromatic N) is 4. The highest BCUT2D eigenvalue weighted by Crippen LogP contribution is 2.38. The molecule has 0 spiro atoms. The van der Waals surface area contributed by atoms with Crippen molar-refractivity contribution in [1.82, 2.24) is 19.9 Å². The summed E-state index contributed by atoms with van der Waals surface area (Å²) in [6.07, 6.45) is 5.80. The second-order valence-corrected chi connectivity index (χ2v) is 8.27. The number of pyridine rings is 1. The molecule has 3 aromatic rings. The number of anilines is 2. The van der Waals surface area contributed by atoms with Crippen molar-refractivity contribution in [3.8, 4) is 11.3 Å². The molecule has 0 aliphatic heterocycles. The molecule has 6 heteroatoms. The summed E-state index contributed by atoms with van der Waals surface area (Å²) in [6, 6.07) is 11.4. The van der Waals surface area contributed by atoms with E-state index in [0.717, 1.165) is 29.8 Å². The van der Waals surface area contributed by atoms with Crippen molar-refractivity contribution in [2.75, 3.05) is 19.4 Å². The Hall–Kier alpha value is -3.28. The van der Waals surface area contributed by atoms with E-state index >= 15 is 0 Å². The first-order valence-corrected chi connectivity index (χ1v) is 9.75. The predicted molar refractivity (Wildman–Crippen MR) is 114 cm³/mol. The van der Waals surface area contributed by atoms with E-state index in [1.807, 2.05) is 24.4 Å². The van der Waals surface area contributed by atoms with Crippen LogP contribution in [0.4, 0.5) is 11.6 Å². The van der Waals surface area contributed by atoms with E-state index in [2.05, 4.69) is 40.2 Å². The van der Waals surface area contributed by atoms with Gasteiger partial charge in [0.25, 0.3) is 5.91 Å². The van der Waals surface area contributed by atoms with Gasteiger partial charge in [-0.25, -0.2) is 9.97 Å². The molecule has 148 valence electrons. The van der Waals surface area contributed by atoms with Crippen LogP contribution in [0.25, 0.3) is 11.3 Å². The fraction of sp³-hybridized carbons (Fsp3) is 0.304. The summed E-state index contributed by atoms with van der Waals surface area (Å²) < 4.78 is 0. The molecule has 0 saturated heterocycles. The average Bonchev–Trinajstić information content (AvgIpc) is 3.02. The van der Waals surface area contributed by atoms with Gasteiger partial charge >= 0.3 is 0 Å². The van der Waals surface area contributed by atoms with Gasteiger partial charge in [-0.1, -0.05) is 13.8 Å². The molecule has 1 aromatic carbocycles. The van der Waals surface area contributed by atoms with Gasteiger partial charge in [0.15, 0.2) is 0 Å². The van der Waals surface area contributed by atoms with Crippen LogP contribution in [-0.4, -0.2) is 39.9 Å². The summed E-state index contributed by atoms with van der Waals surface area (Å²) in [5.74, 6) is 0.482. The van der Waals surface area contributed by atoms with E-state index in [1.54, 1.807) is 37.3 Å². The highest BCUT2D eigenvalue weighted by atomic mass is 16.2. The van der Waals surface area contributed by atoms with Crippen LogP contribution in [0.1, 0.15) is 41.9 Å². The summed E-state index contributed by atoms with van der Waals surface area (Å²) in [6.45, 7) is 4.53. The number of benzene rings is 1. The maximum absolute atomic E-state index is 12.0. The van der Waals surface area contributed by atoms with Crippen LogP contribution in [-0.2, 0) is 11.8 Å². The third-order valence-electron chi connectivity index (χ3n) is 5.43. The smallest absolute Gasteiger partial charge is 0.253 e. The number of hydrogen-bond donors (Lipinski definition) is 1. The molecule has 0 fully saturated rings. The van der Waals surface area contributed by atoms with Crippen LogP contribution in [0.5, 0.6) is 0 Å². The number of rotatable bonds is 4. The van der Waals surface area contributed by atoms with E-state index in [9.17, 15) is 4.79 Å². The van der Waals surface area contributed by atoms with Crippen LogP contribution in [0.2, 0.25) is 0 Å². The standard InChI is InChI=1S/C23H25N5O/c1-23(2)11-9-20-18(23)13-16(14-25-20)19-10-12-24-22(27-19)26-17-7-5-15(6-8-17)21(29)28(3)4/h5-8,10,12-14H,9,11H2,1-4H3,(H,24,26,27). The molecule has 0 radical (unpaired) electrons. The number of aromatic nitrogens is 3. The van der Waals surface area contributed by atoms with Crippen molar-refractivity contribution in [2.45, 2.75) is 32.1 Å². The van der Waals surface area contributed by atoms with Crippen molar-refractivity contribution < 1.29 is 4.79 Å². The molecule has 6 nitrogen and oxygen atoms in total. The quantitative estimate of drug-likeness (QED) is 0.726. The molecule has 29 heavy (non-hydrogen) atoms. The molecule has 0 saturated carbocycles. The SMILES string of the molecule is CN(C)C(=O)c1ccc(Nc2nccc(-c3cnc4c(c3)C(C)(C)CC4)n2)cc1. The monoisotopic (exact) mass is 387 g/mol. The summed E-state index contributed by atoms with van der Waals surface area (Å²) in [7, 11) is 3.48. The topological polar surface area (TPSA) is 71.0 Å². The number of hydrogen-bond acceptors (Lipinski definition) is 5. The number of fused-ring (bicyclic) bond motifs is 1. The summed E-state index contributed by atoms with van der Waals surface area (Å²) in [5, 5.41) is 3.21. The molecule has 0 bridgehead atoms. The Balaban J connectivity index is 1.56. The first-order valence-electron chi connectivity index (χ1n) is 9.75. The maximum atomic E-state index is 12.0. The minimum absolute atomic E-state index is 0.0261. The molecule has 1 N–H and O–H groups in total. The third-order valence-corrected chi connectivity index (χ3v) is 5.43. The number of carbonyl (C=O) groups excluding carboxylic acids is 1. The van der Waals surface area contributed by atoms with Crippen molar-refractivity contribution in [3.63, 3.8) is 0 Å². The van der Waals surface area contributed by atoms with E-state index in [0.29, 0.717) is 11.5 Å². The Labute approximate surface area is 171 Å². The molecule has 4 rings (SSSR count). The van der Waals surface area contributed by atoms with Gasteiger partial charge in [0.05, 0.1) is 5.69 Å². The zero-order valence-corrected chi connectivity index (χ0v) is 17.2. The maximum Gasteiger partial charge on any atom is 0.253 e. The summed E-state index contributed by atoms with van der Waals surface area (Å²) in [4.78, 5) is 27.2. The number of aryl methyl sites for hydroxylation is 1. The molecular formula is C23H25N5O. The normalized spacial score (nSPS) is 14.3. The Morgan fingerprint density at radius 2 is 1.86 bits per heavy atom. The largest absolute Gasteiger partial charge is 0.345 e. The van der Waals surface area contributed by atoms with Gasteiger partial charge < -0.3 is 10.2 Å². The van der Waals surface area contributed by atoms with Crippen molar-refractivity contribution >= 4 is 17.5 Å². The zero-order valence-electron chi connectivity index (χ0n) is 17.2. The molecule has 1 aliphatic rings. The number of amides is 1. The van der Waals surface area contributed by atoms with Crippen molar-refractivity contribution in [3.05, 3.63) is 65.6 Å². The first kappa shape index (κ1) is 19.1. The van der Waals surface area contributed by atoms with Gasteiger partial charge in [0.2, 0.25) is 5.95 Å².